The van der Waals surface area contributed by atoms with Crippen LogP contribution in [0.15, 0.2) is 24.3 Å². The summed E-state index contributed by atoms with van der Waals surface area (Å²) in [5.41, 5.74) is 5.36. The van der Waals surface area contributed by atoms with Crippen LogP contribution in [0.5, 0.6) is 0 Å². The van der Waals surface area contributed by atoms with E-state index in [9.17, 15) is 24.5 Å². The number of allylic oxidation sites excluding steroid dienone is 3. The number of carbonyl (C=O) groups excluding carboxylic acids is 1. The molecule has 0 aliphatic carbocycles. The number of amides is 1. The van der Waals surface area contributed by atoms with Gasteiger partial charge < -0.3 is 26.2 Å². The first kappa shape index (κ1) is 51.9. The van der Waals surface area contributed by atoms with Crippen LogP contribution in [-0.4, -0.2) is 59.0 Å². The number of hydrogen-bond acceptors (Lipinski definition) is 7. The number of carbonyl (C=O) groups is 1. The lowest BCUT2D eigenvalue weighted by Crippen LogP contribution is -2.46. The summed E-state index contributed by atoms with van der Waals surface area (Å²) in [7, 11) is -4.40. The zero-order valence-corrected chi connectivity index (χ0v) is 35.3. The van der Waals surface area contributed by atoms with Gasteiger partial charge >= 0.3 is 7.82 Å². The molecule has 0 bridgehead atoms. The molecule has 0 spiro atoms. The molecule has 314 valence electrons. The number of rotatable bonds is 41. The fourth-order valence-corrected chi connectivity index (χ4v) is 7.22. The van der Waals surface area contributed by atoms with Crippen LogP contribution in [0.25, 0.3) is 0 Å². The fourth-order valence-electron chi connectivity index (χ4n) is 6.46. The van der Waals surface area contributed by atoms with E-state index < -0.39 is 38.6 Å². The second kappa shape index (κ2) is 39.2. The van der Waals surface area contributed by atoms with Gasteiger partial charge in [0, 0.05) is 6.54 Å². The average molecular weight is 773 g/mol. The zero-order chi connectivity index (χ0) is 39.1. The molecule has 0 heterocycles. The fraction of sp³-hybridized carbons (Fsp3) is 0.884. The normalized spacial score (nSPS) is 14.9. The van der Waals surface area contributed by atoms with Gasteiger partial charge in [-0.15, -0.1) is 0 Å². The Morgan fingerprint density at radius 3 is 1.51 bits per heavy atom. The second-order valence-electron chi connectivity index (χ2n) is 15.1. The molecule has 9 nitrogen and oxygen atoms in total. The Bertz CT molecular complexity index is 904. The summed E-state index contributed by atoms with van der Waals surface area (Å²) in [5.74, 6) is -0.450. The van der Waals surface area contributed by atoms with Crippen LogP contribution in [0.4, 0.5) is 0 Å². The standard InChI is InChI=1S/C43H85N2O7P/c1-3-5-7-9-11-13-15-17-19-21-23-25-27-29-31-33-35-42(47)41(39-52-53(49,50)51-37-36-44)45-43(48)38-40(46)34-32-30-28-26-24-22-20-18-16-14-12-10-8-6-4-2/h18,20,33,35,40-42,46-47H,3-17,19,21-32,34,36-39,44H2,1-2H3,(H,45,48)(H,49,50)/b20-18-,35-33+. The highest BCUT2D eigenvalue weighted by molar-refractivity contribution is 7.47. The number of phosphoric ester groups is 1. The highest BCUT2D eigenvalue weighted by atomic mass is 31.2. The number of aliphatic hydroxyl groups excluding tert-OH is 2. The predicted molar refractivity (Wildman–Crippen MR) is 223 cm³/mol. The summed E-state index contributed by atoms with van der Waals surface area (Å²) in [6, 6.07) is -0.982. The Morgan fingerprint density at radius 2 is 1.06 bits per heavy atom. The maximum absolute atomic E-state index is 12.8. The van der Waals surface area contributed by atoms with Crippen LogP contribution in [0.1, 0.15) is 206 Å². The molecule has 0 saturated carbocycles. The summed E-state index contributed by atoms with van der Waals surface area (Å²) >= 11 is 0. The third kappa shape index (κ3) is 37.6. The van der Waals surface area contributed by atoms with Crippen LogP contribution in [-0.2, 0) is 18.4 Å². The smallest absolute Gasteiger partial charge is 0.393 e. The Balaban J connectivity index is 4.34. The van der Waals surface area contributed by atoms with Crippen molar-refractivity contribution in [2.75, 3.05) is 19.8 Å². The molecule has 0 aromatic rings. The predicted octanol–water partition coefficient (Wildman–Crippen LogP) is 11.1. The highest BCUT2D eigenvalue weighted by Crippen LogP contribution is 2.43. The first-order valence-electron chi connectivity index (χ1n) is 22.0. The second-order valence-corrected chi connectivity index (χ2v) is 16.5. The Morgan fingerprint density at radius 1 is 0.642 bits per heavy atom. The van der Waals surface area contributed by atoms with E-state index in [-0.39, 0.29) is 19.6 Å². The minimum Gasteiger partial charge on any atom is -0.393 e. The first-order valence-corrected chi connectivity index (χ1v) is 23.5. The van der Waals surface area contributed by atoms with Crippen LogP contribution in [0, 0.1) is 0 Å². The van der Waals surface area contributed by atoms with Crippen molar-refractivity contribution in [2.45, 2.75) is 225 Å². The van der Waals surface area contributed by atoms with Gasteiger partial charge in [-0.2, -0.15) is 0 Å². The lowest BCUT2D eigenvalue weighted by atomic mass is 10.0. The third-order valence-electron chi connectivity index (χ3n) is 9.83. The average Bonchev–Trinajstić information content (AvgIpc) is 3.13. The van der Waals surface area contributed by atoms with Gasteiger partial charge in [0.05, 0.1) is 37.9 Å². The SMILES string of the molecule is CCCCCCCC/C=C\CCCCCCCC(O)CC(=O)NC(COP(=O)(O)OCCN)C(O)/C=C/CCCCCCCCCCCCCCCC. The van der Waals surface area contributed by atoms with Crippen molar-refractivity contribution in [1.82, 2.24) is 5.32 Å². The van der Waals surface area contributed by atoms with Gasteiger partial charge in [0.25, 0.3) is 0 Å². The molecule has 0 aliphatic rings. The van der Waals surface area contributed by atoms with Crippen molar-refractivity contribution < 1.29 is 33.5 Å². The van der Waals surface area contributed by atoms with Gasteiger partial charge in [-0.05, 0) is 44.9 Å². The summed E-state index contributed by atoms with van der Waals surface area (Å²) in [6.07, 6.45) is 41.1. The van der Waals surface area contributed by atoms with Gasteiger partial charge in [0.15, 0.2) is 0 Å². The molecular formula is C43H85N2O7P. The molecule has 6 N–H and O–H groups in total. The number of unbranched alkanes of at least 4 members (excludes halogenated alkanes) is 25. The van der Waals surface area contributed by atoms with Crippen molar-refractivity contribution in [3.05, 3.63) is 24.3 Å². The van der Waals surface area contributed by atoms with Crippen LogP contribution in [0.3, 0.4) is 0 Å². The number of hydrogen-bond donors (Lipinski definition) is 5. The number of nitrogens with two attached hydrogens (primary N) is 1. The van der Waals surface area contributed by atoms with E-state index in [4.69, 9.17) is 14.8 Å². The molecule has 0 aromatic heterocycles. The highest BCUT2D eigenvalue weighted by Gasteiger charge is 2.27. The summed E-state index contributed by atoms with van der Waals surface area (Å²) < 4.78 is 22.1. The third-order valence-corrected chi connectivity index (χ3v) is 10.8. The largest absolute Gasteiger partial charge is 0.472 e. The molecule has 53 heavy (non-hydrogen) atoms. The summed E-state index contributed by atoms with van der Waals surface area (Å²) in [6.45, 7) is 3.97. The van der Waals surface area contributed by atoms with Crippen molar-refractivity contribution in [2.24, 2.45) is 5.73 Å². The molecule has 1 amide bonds. The van der Waals surface area contributed by atoms with E-state index in [0.29, 0.717) is 6.42 Å². The minimum absolute atomic E-state index is 0.0489. The Kier molecular flexibility index (Phi) is 38.4. The molecule has 0 saturated heterocycles. The molecule has 0 radical (unpaired) electrons. The van der Waals surface area contributed by atoms with E-state index in [0.717, 1.165) is 51.4 Å². The monoisotopic (exact) mass is 773 g/mol. The van der Waals surface area contributed by atoms with Crippen LogP contribution in [0.2, 0.25) is 0 Å². The van der Waals surface area contributed by atoms with E-state index in [1.165, 1.54) is 128 Å². The number of aliphatic hydroxyl groups is 2. The molecular weight excluding hydrogens is 687 g/mol. The van der Waals surface area contributed by atoms with Gasteiger partial charge in [-0.3, -0.25) is 13.8 Å². The maximum Gasteiger partial charge on any atom is 0.472 e. The van der Waals surface area contributed by atoms with Gasteiger partial charge in [-0.25, -0.2) is 4.57 Å². The Hall–Kier alpha value is -1.06. The minimum atomic E-state index is -4.40. The van der Waals surface area contributed by atoms with Crippen LogP contribution < -0.4 is 11.1 Å². The topological polar surface area (TPSA) is 151 Å². The molecule has 4 atom stereocenters. The molecule has 10 heteroatoms. The molecule has 0 aromatic carbocycles. The molecule has 0 rings (SSSR count). The van der Waals surface area contributed by atoms with E-state index in [2.05, 4.69) is 31.3 Å². The van der Waals surface area contributed by atoms with E-state index >= 15 is 0 Å². The first-order chi connectivity index (χ1) is 25.8. The maximum atomic E-state index is 12.8. The van der Waals surface area contributed by atoms with E-state index in [1.807, 2.05) is 6.08 Å². The number of phosphoric acid groups is 1. The van der Waals surface area contributed by atoms with Crippen molar-refractivity contribution >= 4 is 13.7 Å². The number of nitrogens with one attached hydrogen (secondary N) is 1. The van der Waals surface area contributed by atoms with Gasteiger partial charge in [0.1, 0.15) is 0 Å². The van der Waals surface area contributed by atoms with Crippen molar-refractivity contribution in [1.29, 1.82) is 0 Å². The quantitative estimate of drug-likeness (QED) is 0.0234. The Labute approximate surface area is 326 Å². The molecule has 0 fully saturated rings. The summed E-state index contributed by atoms with van der Waals surface area (Å²) in [4.78, 5) is 22.7. The van der Waals surface area contributed by atoms with Crippen molar-refractivity contribution in [3.63, 3.8) is 0 Å². The summed E-state index contributed by atoms with van der Waals surface area (Å²) in [5, 5.41) is 24.0. The molecule has 4 unspecified atom stereocenters. The van der Waals surface area contributed by atoms with E-state index in [1.54, 1.807) is 6.08 Å². The molecule has 0 aliphatic heterocycles. The van der Waals surface area contributed by atoms with Crippen molar-refractivity contribution in [3.8, 4) is 0 Å². The lowest BCUT2D eigenvalue weighted by Gasteiger charge is -2.24. The lowest BCUT2D eigenvalue weighted by molar-refractivity contribution is -0.124. The van der Waals surface area contributed by atoms with Gasteiger partial charge in [-0.1, -0.05) is 179 Å². The zero-order valence-electron chi connectivity index (χ0n) is 34.4. The van der Waals surface area contributed by atoms with Crippen LogP contribution >= 0.6 is 7.82 Å². The van der Waals surface area contributed by atoms with Gasteiger partial charge in [0.2, 0.25) is 5.91 Å².